The molecule has 3 heteroatoms. The quantitative estimate of drug-likeness (QED) is 0.177. The average Bonchev–Trinajstić information content (AvgIpc) is 3.55. The second-order valence-corrected chi connectivity index (χ2v) is 27.0. The van der Waals surface area contributed by atoms with Gasteiger partial charge >= 0.3 is 0 Å². The lowest BCUT2D eigenvalue weighted by atomic mass is 9.54. The van der Waals surface area contributed by atoms with Crippen molar-refractivity contribution in [3.8, 4) is 22.3 Å². The first-order valence-electron chi connectivity index (χ1n) is 26.8. The number of nitrogens with one attached hydrogen (secondary N) is 1. The molecule has 0 aromatic heterocycles. The van der Waals surface area contributed by atoms with Gasteiger partial charge in [0, 0.05) is 39.3 Å². The number of hydrogen-bond donors (Lipinski definition) is 1. The summed E-state index contributed by atoms with van der Waals surface area (Å²) in [6.45, 7) is 34.4. The molecule has 0 radical (unpaired) electrons. The molecular formula is C67H75BN2. The normalized spacial score (nSPS) is 20.7. The fourth-order valence-electron chi connectivity index (χ4n) is 14.3. The van der Waals surface area contributed by atoms with E-state index in [1.807, 2.05) is 0 Å². The molecule has 0 spiro atoms. The van der Waals surface area contributed by atoms with Crippen molar-refractivity contribution in [2.75, 3.05) is 10.2 Å². The van der Waals surface area contributed by atoms with Crippen molar-refractivity contribution in [3.05, 3.63) is 160 Å². The first-order valence-corrected chi connectivity index (χ1v) is 26.8. The molecule has 4 aliphatic carbocycles. The Hall–Kier alpha value is -5.54. The van der Waals surface area contributed by atoms with Gasteiger partial charge in [-0.25, -0.2) is 0 Å². The summed E-state index contributed by atoms with van der Waals surface area (Å²) in [5.74, 6) is 0. The summed E-state index contributed by atoms with van der Waals surface area (Å²) in [4.78, 5) is 2.70. The SMILES string of the molecule is CC1(C)CCC(C)(C)c2cc(Nc3c(-c4c5c(cc6ccccc46)N(c4ccc6c(c4)C(C)(C)CCC6(C)C)c4cc6c(cc4B5)C(C)(C)CCC6(C)C)ccc4c3-c3ccccc3C4(C)C)ccc21. The summed E-state index contributed by atoms with van der Waals surface area (Å²) in [6.07, 6.45) is 7.15. The van der Waals surface area contributed by atoms with Gasteiger partial charge in [-0.05, 0) is 179 Å². The van der Waals surface area contributed by atoms with Gasteiger partial charge in [0.15, 0.2) is 7.28 Å². The number of fused-ring (bicyclic) bond motifs is 9. The molecule has 7 aromatic rings. The predicted octanol–water partition coefficient (Wildman–Crippen LogP) is 16.8. The van der Waals surface area contributed by atoms with E-state index in [0.29, 0.717) is 0 Å². The summed E-state index contributed by atoms with van der Waals surface area (Å²) < 4.78 is 0. The highest BCUT2D eigenvalue weighted by Crippen LogP contribution is 2.57. The van der Waals surface area contributed by atoms with E-state index in [0.717, 1.165) is 7.28 Å². The molecule has 0 fully saturated rings. The third-order valence-corrected chi connectivity index (χ3v) is 19.3. The number of nitrogens with zero attached hydrogens (tertiary/aromatic N) is 1. The third-order valence-electron chi connectivity index (χ3n) is 19.3. The highest BCUT2D eigenvalue weighted by molar-refractivity contribution is 6.74. The zero-order chi connectivity index (χ0) is 49.3. The summed E-state index contributed by atoms with van der Waals surface area (Å²) in [7, 11) is 0.856. The number of benzene rings is 7. The lowest BCUT2D eigenvalue weighted by molar-refractivity contribution is 0.332. The van der Waals surface area contributed by atoms with Crippen LogP contribution in [-0.4, -0.2) is 7.28 Å². The maximum absolute atomic E-state index is 4.30. The second kappa shape index (κ2) is 14.8. The molecule has 7 aromatic carbocycles. The Bertz CT molecular complexity index is 3370. The van der Waals surface area contributed by atoms with Gasteiger partial charge in [-0.2, -0.15) is 0 Å². The fourth-order valence-corrected chi connectivity index (χ4v) is 14.3. The Morgan fingerprint density at radius 3 is 1.60 bits per heavy atom. The Labute approximate surface area is 421 Å². The van der Waals surface area contributed by atoms with E-state index in [1.165, 1.54) is 155 Å². The first-order chi connectivity index (χ1) is 32.9. The van der Waals surface area contributed by atoms with Crippen molar-refractivity contribution >= 4 is 57.4 Å². The van der Waals surface area contributed by atoms with E-state index in [9.17, 15) is 0 Å². The van der Waals surface area contributed by atoms with E-state index in [-0.39, 0.29) is 37.9 Å². The molecule has 0 saturated heterocycles. The van der Waals surface area contributed by atoms with E-state index < -0.39 is 0 Å². The highest BCUT2D eigenvalue weighted by atomic mass is 15.2. The largest absolute Gasteiger partial charge is 0.354 e. The minimum atomic E-state index is -0.148. The molecular weight excluding hydrogens is 844 g/mol. The first kappa shape index (κ1) is 45.6. The summed E-state index contributed by atoms with van der Waals surface area (Å²) in [6, 6.07) is 46.1. The Kier molecular flexibility index (Phi) is 9.62. The van der Waals surface area contributed by atoms with Crippen molar-refractivity contribution in [2.45, 2.75) is 173 Å². The molecule has 70 heavy (non-hydrogen) atoms. The van der Waals surface area contributed by atoms with Gasteiger partial charge in [-0.3, -0.25) is 0 Å². The van der Waals surface area contributed by atoms with Crippen LogP contribution in [0.2, 0.25) is 0 Å². The average molecular weight is 919 g/mol. The maximum atomic E-state index is 4.30. The summed E-state index contributed by atoms with van der Waals surface area (Å²) >= 11 is 0. The number of rotatable bonds is 4. The van der Waals surface area contributed by atoms with Gasteiger partial charge < -0.3 is 10.2 Å². The van der Waals surface area contributed by atoms with E-state index >= 15 is 0 Å². The van der Waals surface area contributed by atoms with Crippen molar-refractivity contribution in [1.29, 1.82) is 0 Å². The van der Waals surface area contributed by atoms with E-state index in [1.54, 1.807) is 0 Å². The molecule has 356 valence electrons. The van der Waals surface area contributed by atoms with Crippen LogP contribution in [0.5, 0.6) is 0 Å². The van der Waals surface area contributed by atoms with Gasteiger partial charge in [0.2, 0.25) is 0 Å². The second-order valence-electron chi connectivity index (χ2n) is 27.0. The van der Waals surface area contributed by atoms with Gasteiger partial charge in [0.25, 0.3) is 0 Å². The number of anilines is 5. The molecule has 0 amide bonds. The molecule has 1 heterocycles. The maximum Gasteiger partial charge on any atom is 0.198 e. The molecule has 12 rings (SSSR count). The number of hydrogen-bond acceptors (Lipinski definition) is 2. The van der Waals surface area contributed by atoms with Gasteiger partial charge in [-0.1, -0.05) is 181 Å². The van der Waals surface area contributed by atoms with Crippen LogP contribution in [0.3, 0.4) is 0 Å². The van der Waals surface area contributed by atoms with Crippen molar-refractivity contribution in [3.63, 3.8) is 0 Å². The van der Waals surface area contributed by atoms with Crippen LogP contribution in [0.15, 0.2) is 115 Å². The monoisotopic (exact) mass is 919 g/mol. The van der Waals surface area contributed by atoms with E-state index in [2.05, 4.69) is 222 Å². The fraction of sp³-hybridized carbons (Fsp3) is 0.403. The van der Waals surface area contributed by atoms with Crippen molar-refractivity contribution in [1.82, 2.24) is 0 Å². The van der Waals surface area contributed by atoms with Crippen LogP contribution in [0.25, 0.3) is 33.0 Å². The van der Waals surface area contributed by atoms with Crippen LogP contribution >= 0.6 is 0 Å². The van der Waals surface area contributed by atoms with Gasteiger partial charge in [0.1, 0.15) is 0 Å². The lowest BCUT2D eigenvalue weighted by Gasteiger charge is -2.45. The summed E-state index contributed by atoms with van der Waals surface area (Å²) in [5, 5.41) is 6.87. The Morgan fingerprint density at radius 1 is 0.414 bits per heavy atom. The zero-order valence-corrected chi connectivity index (χ0v) is 44.9. The van der Waals surface area contributed by atoms with Crippen LogP contribution in [0, 0.1) is 0 Å². The third kappa shape index (κ3) is 6.64. The van der Waals surface area contributed by atoms with Crippen LogP contribution < -0.4 is 21.1 Å². The van der Waals surface area contributed by atoms with Crippen LogP contribution in [0.4, 0.5) is 28.4 Å². The zero-order valence-electron chi connectivity index (χ0n) is 44.9. The predicted molar refractivity (Wildman–Crippen MR) is 304 cm³/mol. The lowest BCUT2D eigenvalue weighted by Crippen LogP contribution is -2.44. The van der Waals surface area contributed by atoms with E-state index in [4.69, 9.17) is 0 Å². The standard InChI is InChI=1S/C67H75BN2/c1-61(2)29-31-63(5,6)50-36-41(23-26-47(50)61)69-60-45(25-28-49-58(60)44-21-17-18-22-46(44)67(49,13)14)57-43-20-16-15-19-40(43)35-56-59(57)68-54-38-52-53(66(11,12)34-33-65(52,9)10)39-55(54)70(56)42-24-27-48-51(37-42)64(7,8)32-30-62(48,3)4/h15-28,35-39,68-69H,29-34H2,1-14H3. The van der Waals surface area contributed by atoms with Crippen molar-refractivity contribution < 1.29 is 0 Å². The van der Waals surface area contributed by atoms with Crippen molar-refractivity contribution in [2.24, 2.45) is 0 Å². The van der Waals surface area contributed by atoms with Crippen LogP contribution in [-0.2, 0) is 37.9 Å². The smallest absolute Gasteiger partial charge is 0.198 e. The molecule has 2 nitrogen and oxygen atoms in total. The summed E-state index contributed by atoms with van der Waals surface area (Å²) in [5.41, 5.74) is 26.7. The van der Waals surface area contributed by atoms with Gasteiger partial charge in [0.05, 0.1) is 5.69 Å². The highest BCUT2D eigenvalue weighted by Gasteiger charge is 2.44. The van der Waals surface area contributed by atoms with Crippen LogP contribution in [0.1, 0.15) is 180 Å². The molecule has 0 saturated carbocycles. The molecule has 5 aliphatic rings. The molecule has 0 bridgehead atoms. The Balaban J connectivity index is 1.16. The molecule has 1 aliphatic heterocycles. The molecule has 0 unspecified atom stereocenters. The minimum absolute atomic E-state index is 0.0788. The molecule has 0 atom stereocenters. The Morgan fingerprint density at radius 2 is 0.943 bits per heavy atom. The minimum Gasteiger partial charge on any atom is -0.354 e. The molecule has 1 N–H and O–H groups in total. The van der Waals surface area contributed by atoms with Gasteiger partial charge in [-0.15, -0.1) is 0 Å². The topological polar surface area (TPSA) is 15.3 Å².